The first-order valence-corrected chi connectivity index (χ1v) is 8.91. The zero-order valence-corrected chi connectivity index (χ0v) is 15.1. The van der Waals surface area contributed by atoms with Crippen molar-refractivity contribution in [3.05, 3.63) is 29.8 Å². The molecule has 1 aromatic rings. The molecule has 0 radical (unpaired) electrons. The Hall–Kier alpha value is -1.75. The smallest absolute Gasteiger partial charge is 0.317 e. The first kappa shape index (κ1) is 18.6. The van der Waals surface area contributed by atoms with Crippen LogP contribution >= 0.6 is 0 Å². The van der Waals surface area contributed by atoms with Crippen LogP contribution in [0.2, 0.25) is 0 Å². The molecule has 1 saturated heterocycles. The van der Waals surface area contributed by atoms with Gasteiger partial charge in [-0.15, -0.1) is 0 Å². The van der Waals surface area contributed by atoms with Crippen LogP contribution in [0.3, 0.4) is 0 Å². The van der Waals surface area contributed by atoms with Gasteiger partial charge in [-0.1, -0.05) is 12.1 Å². The maximum absolute atomic E-state index is 12.2. The van der Waals surface area contributed by atoms with Crippen molar-refractivity contribution in [1.29, 1.82) is 0 Å². The molecule has 0 aliphatic carbocycles. The Morgan fingerprint density at radius 3 is 3.00 bits per heavy atom. The molecule has 0 spiro atoms. The Labute approximate surface area is 145 Å². The van der Waals surface area contributed by atoms with Crippen molar-refractivity contribution in [2.45, 2.75) is 58.3 Å². The molecule has 1 unspecified atom stereocenters. The van der Waals surface area contributed by atoms with Crippen LogP contribution in [0.25, 0.3) is 0 Å². The second-order valence-electron chi connectivity index (χ2n) is 6.67. The van der Waals surface area contributed by atoms with Gasteiger partial charge in [0.15, 0.2) is 0 Å². The molecule has 1 aliphatic heterocycles. The lowest BCUT2D eigenvalue weighted by Crippen LogP contribution is -2.37. The molecule has 2 rings (SSSR count). The van der Waals surface area contributed by atoms with Crippen molar-refractivity contribution in [2.24, 2.45) is 0 Å². The zero-order chi connectivity index (χ0) is 17.4. The van der Waals surface area contributed by atoms with E-state index in [1.807, 2.05) is 45.2 Å². The van der Waals surface area contributed by atoms with E-state index < -0.39 is 0 Å². The van der Waals surface area contributed by atoms with E-state index in [0.29, 0.717) is 12.6 Å². The summed E-state index contributed by atoms with van der Waals surface area (Å²) in [6.45, 7) is 6.15. The van der Waals surface area contributed by atoms with E-state index in [1.165, 1.54) is 6.42 Å². The first-order chi connectivity index (χ1) is 11.5. The summed E-state index contributed by atoms with van der Waals surface area (Å²) < 4.78 is 11.3. The number of urea groups is 1. The van der Waals surface area contributed by atoms with Gasteiger partial charge in [-0.2, -0.15) is 0 Å². The Bertz CT molecular complexity index is 513. The number of ether oxygens (including phenoxy) is 2. The van der Waals surface area contributed by atoms with E-state index in [1.54, 1.807) is 4.90 Å². The van der Waals surface area contributed by atoms with E-state index in [0.717, 1.165) is 43.7 Å². The van der Waals surface area contributed by atoms with Crippen LogP contribution in [-0.2, 0) is 11.3 Å². The molecule has 1 aliphatic rings. The monoisotopic (exact) mass is 334 g/mol. The largest absolute Gasteiger partial charge is 0.491 e. The van der Waals surface area contributed by atoms with Gasteiger partial charge in [0.25, 0.3) is 0 Å². The van der Waals surface area contributed by atoms with Gasteiger partial charge in [0.1, 0.15) is 5.75 Å². The molecule has 24 heavy (non-hydrogen) atoms. The highest BCUT2D eigenvalue weighted by atomic mass is 16.5. The Balaban J connectivity index is 1.69. The summed E-state index contributed by atoms with van der Waals surface area (Å²) in [5.74, 6) is 0.835. The number of rotatable bonds is 8. The zero-order valence-electron chi connectivity index (χ0n) is 15.1. The molecule has 1 aromatic carbocycles. The number of benzene rings is 1. The highest BCUT2D eigenvalue weighted by molar-refractivity contribution is 5.73. The third kappa shape index (κ3) is 6.40. The standard InChI is InChI=1S/C19H30N2O3/c1-15(2)24-18-8-4-7-16(13-18)14-20-19(22)21(3)11-5-9-17-10-6-12-23-17/h4,7-8,13,15,17H,5-6,9-12,14H2,1-3H3,(H,20,22). The summed E-state index contributed by atoms with van der Waals surface area (Å²) in [5, 5.41) is 2.96. The van der Waals surface area contributed by atoms with Crippen LogP contribution in [0.15, 0.2) is 24.3 Å². The summed E-state index contributed by atoms with van der Waals surface area (Å²) in [6, 6.07) is 7.80. The van der Waals surface area contributed by atoms with E-state index in [2.05, 4.69) is 5.32 Å². The number of nitrogens with one attached hydrogen (secondary N) is 1. The quantitative estimate of drug-likeness (QED) is 0.790. The van der Waals surface area contributed by atoms with E-state index >= 15 is 0 Å². The summed E-state index contributed by atoms with van der Waals surface area (Å²) in [7, 11) is 1.84. The minimum absolute atomic E-state index is 0.0440. The Kier molecular flexibility index (Phi) is 7.37. The maximum Gasteiger partial charge on any atom is 0.317 e. The van der Waals surface area contributed by atoms with Gasteiger partial charge in [0.2, 0.25) is 0 Å². The van der Waals surface area contributed by atoms with Crippen LogP contribution in [0.5, 0.6) is 5.75 Å². The summed E-state index contributed by atoms with van der Waals surface area (Å²) in [5.41, 5.74) is 1.04. The number of hydrogen-bond donors (Lipinski definition) is 1. The Morgan fingerprint density at radius 2 is 2.29 bits per heavy atom. The molecule has 1 heterocycles. The lowest BCUT2D eigenvalue weighted by molar-refractivity contribution is 0.100. The maximum atomic E-state index is 12.2. The molecule has 134 valence electrons. The third-order valence-electron chi connectivity index (χ3n) is 4.10. The molecular formula is C19H30N2O3. The van der Waals surface area contributed by atoms with Crippen molar-refractivity contribution < 1.29 is 14.3 Å². The van der Waals surface area contributed by atoms with Gasteiger partial charge in [0, 0.05) is 26.7 Å². The van der Waals surface area contributed by atoms with Crippen LogP contribution in [0, 0.1) is 0 Å². The average molecular weight is 334 g/mol. The fourth-order valence-corrected chi connectivity index (χ4v) is 2.84. The lowest BCUT2D eigenvalue weighted by Gasteiger charge is -2.19. The fourth-order valence-electron chi connectivity index (χ4n) is 2.84. The summed E-state index contributed by atoms with van der Waals surface area (Å²) >= 11 is 0. The van der Waals surface area contributed by atoms with Gasteiger partial charge in [0.05, 0.1) is 12.2 Å². The van der Waals surface area contributed by atoms with Gasteiger partial charge in [-0.25, -0.2) is 4.79 Å². The van der Waals surface area contributed by atoms with Crippen molar-refractivity contribution in [1.82, 2.24) is 10.2 Å². The molecule has 0 bridgehead atoms. The number of hydrogen-bond acceptors (Lipinski definition) is 3. The minimum atomic E-state index is -0.0440. The lowest BCUT2D eigenvalue weighted by atomic mass is 10.1. The highest BCUT2D eigenvalue weighted by Gasteiger charge is 2.16. The number of carbonyl (C=O) groups is 1. The Morgan fingerprint density at radius 1 is 1.46 bits per heavy atom. The average Bonchev–Trinajstić information content (AvgIpc) is 3.05. The van der Waals surface area contributed by atoms with Crippen LogP contribution in [0.4, 0.5) is 4.79 Å². The van der Waals surface area contributed by atoms with Gasteiger partial charge in [-0.05, 0) is 57.2 Å². The summed E-state index contributed by atoms with van der Waals surface area (Å²) in [4.78, 5) is 13.9. The molecule has 5 heteroatoms. The fraction of sp³-hybridized carbons (Fsp3) is 0.632. The second kappa shape index (κ2) is 9.52. The van der Waals surface area contributed by atoms with E-state index in [4.69, 9.17) is 9.47 Å². The SMILES string of the molecule is CC(C)Oc1cccc(CNC(=O)N(C)CCCC2CCCO2)c1. The topological polar surface area (TPSA) is 50.8 Å². The molecule has 2 amide bonds. The van der Waals surface area contributed by atoms with Crippen LogP contribution in [-0.4, -0.2) is 43.3 Å². The van der Waals surface area contributed by atoms with Crippen molar-refractivity contribution in [3.63, 3.8) is 0 Å². The molecule has 0 aromatic heterocycles. The van der Waals surface area contributed by atoms with Crippen molar-refractivity contribution in [3.8, 4) is 5.75 Å². The van der Waals surface area contributed by atoms with Crippen LogP contribution < -0.4 is 10.1 Å². The van der Waals surface area contributed by atoms with E-state index in [9.17, 15) is 4.79 Å². The highest BCUT2D eigenvalue weighted by Crippen LogP contribution is 2.17. The van der Waals surface area contributed by atoms with Crippen molar-refractivity contribution in [2.75, 3.05) is 20.2 Å². The molecule has 1 N–H and O–H groups in total. The third-order valence-corrected chi connectivity index (χ3v) is 4.10. The van der Waals surface area contributed by atoms with Gasteiger partial charge >= 0.3 is 6.03 Å². The molecule has 5 nitrogen and oxygen atoms in total. The normalized spacial score (nSPS) is 17.1. The first-order valence-electron chi connectivity index (χ1n) is 8.91. The number of nitrogens with zero attached hydrogens (tertiary/aromatic N) is 1. The molecular weight excluding hydrogens is 304 g/mol. The summed E-state index contributed by atoms with van der Waals surface area (Å²) in [6.07, 6.45) is 4.87. The van der Waals surface area contributed by atoms with E-state index in [-0.39, 0.29) is 12.1 Å². The van der Waals surface area contributed by atoms with Gasteiger partial charge < -0.3 is 19.7 Å². The minimum Gasteiger partial charge on any atom is -0.491 e. The number of carbonyl (C=O) groups excluding carboxylic acids is 1. The van der Waals surface area contributed by atoms with Gasteiger partial charge in [-0.3, -0.25) is 0 Å². The molecule has 0 saturated carbocycles. The van der Waals surface area contributed by atoms with Crippen molar-refractivity contribution >= 4 is 6.03 Å². The van der Waals surface area contributed by atoms with Crippen LogP contribution in [0.1, 0.15) is 45.1 Å². The number of amides is 2. The molecule has 1 fully saturated rings. The molecule has 1 atom stereocenters. The predicted molar refractivity (Wildman–Crippen MR) is 95.3 cm³/mol. The predicted octanol–water partition coefficient (Wildman–Crippen LogP) is 3.57. The second-order valence-corrected chi connectivity index (χ2v) is 6.67.